The first-order valence-electron chi connectivity index (χ1n) is 10.4. The van der Waals surface area contributed by atoms with Crippen LogP contribution >= 0.6 is 0 Å². The van der Waals surface area contributed by atoms with Gasteiger partial charge in [-0.05, 0) is 49.2 Å². The molecule has 2 aromatic rings. The lowest BCUT2D eigenvalue weighted by atomic mass is 9.96. The Morgan fingerprint density at radius 3 is 2.35 bits per heavy atom. The second-order valence-electron chi connectivity index (χ2n) is 7.87. The Kier molecular flexibility index (Phi) is 7.35. The molecule has 0 aliphatic carbocycles. The molecule has 1 fully saturated rings. The standard InChI is InChI=1S/C23H24F3N3O4S/c1-2-11-29(19-7-4-6-18(15-19)23(24,25)26)34(32,33)20-8-3-5-17(14-20)22(31)28-12-9-16(10-13-28)21(27)30/h2-8,14-16H,1,9-13H2,(H2,27,30). The van der Waals surface area contributed by atoms with Crippen molar-refractivity contribution in [3.63, 3.8) is 0 Å². The van der Waals surface area contributed by atoms with Gasteiger partial charge in [-0.2, -0.15) is 13.2 Å². The fraction of sp³-hybridized carbons (Fsp3) is 0.304. The second kappa shape index (κ2) is 9.88. The third-order valence-corrected chi connectivity index (χ3v) is 7.40. The monoisotopic (exact) mass is 495 g/mol. The summed E-state index contributed by atoms with van der Waals surface area (Å²) < 4.78 is 67.1. The molecule has 1 saturated heterocycles. The van der Waals surface area contributed by atoms with Crippen LogP contribution in [0.1, 0.15) is 28.8 Å². The molecule has 1 aliphatic heterocycles. The molecule has 11 heteroatoms. The minimum Gasteiger partial charge on any atom is -0.369 e. The van der Waals surface area contributed by atoms with Crippen LogP contribution in [0.2, 0.25) is 0 Å². The Hall–Kier alpha value is -3.34. The topological polar surface area (TPSA) is 101 Å². The number of nitrogens with zero attached hydrogens (tertiary/aromatic N) is 2. The summed E-state index contributed by atoms with van der Waals surface area (Å²) in [5, 5.41) is 0. The normalized spacial score (nSPS) is 15.1. The van der Waals surface area contributed by atoms with Gasteiger partial charge in [0.25, 0.3) is 15.9 Å². The maximum absolute atomic E-state index is 13.4. The molecule has 3 rings (SSSR count). The van der Waals surface area contributed by atoms with E-state index in [-0.39, 0.29) is 28.6 Å². The lowest BCUT2D eigenvalue weighted by molar-refractivity contribution is -0.137. The third kappa shape index (κ3) is 5.41. The van der Waals surface area contributed by atoms with Crippen molar-refractivity contribution in [3.8, 4) is 0 Å². The number of piperidine rings is 1. The Morgan fingerprint density at radius 2 is 1.76 bits per heavy atom. The van der Waals surface area contributed by atoms with Crippen LogP contribution in [0.25, 0.3) is 0 Å². The summed E-state index contributed by atoms with van der Waals surface area (Å²) >= 11 is 0. The van der Waals surface area contributed by atoms with Gasteiger partial charge in [-0.15, -0.1) is 6.58 Å². The molecule has 2 N–H and O–H groups in total. The summed E-state index contributed by atoms with van der Waals surface area (Å²) in [5.74, 6) is -1.14. The van der Waals surface area contributed by atoms with Crippen molar-refractivity contribution in [2.75, 3.05) is 23.9 Å². The number of rotatable bonds is 7. The molecule has 2 aromatic carbocycles. The number of anilines is 1. The minimum atomic E-state index is -4.64. The van der Waals surface area contributed by atoms with E-state index in [0.29, 0.717) is 25.9 Å². The number of hydrogen-bond donors (Lipinski definition) is 1. The molecule has 0 unspecified atom stereocenters. The quantitative estimate of drug-likeness (QED) is 0.595. The fourth-order valence-corrected chi connectivity index (χ4v) is 5.24. The third-order valence-electron chi connectivity index (χ3n) is 5.61. The van der Waals surface area contributed by atoms with Crippen molar-refractivity contribution in [1.82, 2.24) is 4.90 Å². The molecule has 2 amide bonds. The molecule has 1 aliphatic rings. The van der Waals surface area contributed by atoms with Gasteiger partial charge in [0, 0.05) is 24.6 Å². The van der Waals surface area contributed by atoms with Gasteiger partial charge in [0.1, 0.15) is 0 Å². The first kappa shape index (κ1) is 25.3. The van der Waals surface area contributed by atoms with E-state index in [2.05, 4.69) is 6.58 Å². The van der Waals surface area contributed by atoms with Crippen molar-refractivity contribution in [2.45, 2.75) is 23.9 Å². The van der Waals surface area contributed by atoms with E-state index in [1.807, 2.05) is 0 Å². The number of amides is 2. The highest BCUT2D eigenvalue weighted by Crippen LogP contribution is 2.33. The number of hydrogen-bond acceptors (Lipinski definition) is 4. The second-order valence-corrected chi connectivity index (χ2v) is 9.73. The number of carbonyl (C=O) groups excluding carboxylic acids is 2. The summed E-state index contributed by atoms with van der Waals surface area (Å²) in [6, 6.07) is 9.31. The Bertz CT molecular complexity index is 1190. The highest BCUT2D eigenvalue weighted by atomic mass is 32.2. The minimum absolute atomic E-state index is 0.112. The highest BCUT2D eigenvalue weighted by molar-refractivity contribution is 7.92. The molecule has 1 heterocycles. The predicted octanol–water partition coefficient (Wildman–Crippen LogP) is 3.42. The number of alkyl halides is 3. The smallest absolute Gasteiger partial charge is 0.369 e. The van der Waals surface area contributed by atoms with Gasteiger partial charge in [-0.3, -0.25) is 13.9 Å². The van der Waals surface area contributed by atoms with Crippen molar-refractivity contribution >= 4 is 27.5 Å². The number of sulfonamides is 1. The zero-order valence-electron chi connectivity index (χ0n) is 18.2. The molecule has 7 nitrogen and oxygen atoms in total. The van der Waals surface area contributed by atoms with Crippen LogP contribution in [0.4, 0.5) is 18.9 Å². The van der Waals surface area contributed by atoms with E-state index >= 15 is 0 Å². The van der Waals surface area contributed by atoms with Gasteiger partial charge in [-0.1, -0.05) is 18.2 Å². The van der Waals surface area contributed by atoms with Crippen LogP contribution in [-0.2, 0) is 21.0 Å². The van der Waals surface area contributed by atoms with Gasteiger partial charge in [0.05, 0.1) is 22.7 Å². The number of benzene rings is 2. The zero-order chi connectivity index (χ0) is 25.1. The lowest BCUT2D eigenvalue weighted by Crippen LogP contribution is -2.41. The predicted molar refractivity (Wildman–Crippen MR) is 120 cm³/mol. The van der Waals surface area contributed by atoms with Gasteiger partial charge >= 0.3 is 6.18 Å². The number of likely N-dealkylation sites (tertiary alicyclic amines) is 1. The molecule has 0 aromatic heterocycles. The first-order chi connectivity index (χ1) is 15.9. The van der Waals surface area contributed by atoms with Crippen LogP contribution in [-0.4, -0.2) is 44.8 Å². The van der Waals surface area contributed by atoms with E-state index in [4.69, 9.17) is 5.73 Å². The number of primary amides is 1. The average Bonchev–Trinajstić information content (AvgIpc) is 2.81. The van der Waals surface area contributed by atoms with Gasteiger partial charge < -0.3 is 10.6 Å². The molecule has 0 radical (unpaired) electrons. The molecule has 34 heavy (non-hydrogen) atoms. The number of nitrogens with two attached hydrogens (primary N) is 1. The van der Waals surface area contributed by atoms with Crippen LogP contribution in [0.3, 0.4) is 0 Å². The molecule has 0 spiro atoms. The maximum atomic E-state index is 13.4. The first-order valence-corrected chi connectivity index (χ1v) is 11.9. The highest BCUT2D eigenvalue weighted by Gasteiger charge is 2.33. The van der Waals surface area contributed by atoms with Crippen molar-refractivity contribution in [1.29, 1.82) is 0 Å². The number of carbonyl (C=O) groups is 2. The van der Waals surface area contributed by atoms with E-state index in [1.54, 1.807) is 0 Å². The molecular weight excluding hydrogens is 471 g/mol. The number of halogens is 3. The van der Waals surface area contributed by atoms with Gasteiger partial charge in [-0.25, -0.2) is 8.42 Å². The summed E-state index contributed by atoms with van der Waals surface area (Å²) in [7, 11) is -4.32. The maximum Gasteiger partial charge on any atom is 0.416 e. The van der Waals surface area contributed by atoms with Gasteiger partial charge in [0.2, 0.25) is 5.91 Å². The fourth-order valence-electron chi connectivity index (χ4n) is 3.76. The van der Waals surface area contributed by atoms with Gasteiger partial charge in [0.15, 0.2) is 0 Å². The molecular formula is C23H24F3N3O4S. The summed E-state index contributed by atoms with van der Waals surface area (Å²) in [6.45, 7) is 3.84. The Balaban J connectivity index is 1.91. The lowest BCUT2D eigenvalue weighted by Gasteiger charge is -2.30. The zero-order valence-corrected chi connectivity index (χ0v) is 19.0. The van der Waals surface area contributed by atoms with Crippen molar-refractivity contribution in [3.05, 3.63) is 72.3 Å². The van der Waals surface area contributed by atoms with Crippen LogP contribution < -0.4 is 10.0 Å². The summed E-state index contributed by atoms with van der Waals surface area (Å²) in [5.41, 5.74) is 4.26. The van der Waals surface area contributed by atoms with E-state index in [0.717, 1.165) is 22.5 Å². The van der Waals surface area contributed by atoms with Crippen LogP contribution in [0, 0.1) is 5.92 Å². The van der Waals surface area contributed by atoms with Crippen LogP contribution in [0.5, 0.6) is 0 Å². The molecule has 0 bridgehead atoms. The largest absolute Gasteiger partial charge is 0.416 e. The van der Waals surface area contributed by atoms with E-state index in [1.165, 1.54) is 41.3 Å². The molecule has 182 valence electrons. The Morgan fingerprint density at radius 1 is 1.12 bits per heavy atom. The summed E-state index contributed by atoms with van der Waals surface area (Å²) in [4.78, 5) is 25.5. The SMILES string of the molecule is C=CCN(c1cccc(C(F)(F)F)c1)S(=O)(=O)c1cccc(C(=O)N2CCC(C(N)=O)CC2)c1. The molecule has 0 saturated carbocycles. The van der Waals surface area contributed by atoms with E-state index < -0.39 is 33.6 Å². The Labute approximate surface area is 195 Å². The van der Waals surface area contributed by atoms with Crippen molar-refractivity contribution < 1.29 is 31.2 Å². The van der Waals surface area contributed by atoms with Crippen LogP contribution in [0.15, 0.2) is 66.1 Å². The molecule has 0 atom stereocenters. The average molecular weight is 496 g/mol. The van der Waals surface area contributed by atoms with Crippen molar-refractivity contribution in [2.24, 2.45) is 11.7 Å². The summed E-state index contributed by atoms with van der Waals surface area (Å²) in [6.07, 6.45) is -2.55. The van der Waals surface area contributed by atoms with E-state index in [9.17, 15) is 31.2 Å².